The summed E-state index contributed by atoms with van der Waals surface area (Å²) < 4.78 is 9.18. The molecule has 0 radical (unpaired) electrons. The third-order valence-corrected chi connectivity index (χ3v) is 5.24. The lowest BCUT2D eigenvalue weighted by atomic mass is 10.2. The van der Waals surface area contributed by atoms with Crippen LogP contribution in [0.3, 0.4) is 0 Å². The number of rotatable bonds is 4. The molecule has 9 heteroatoms. The van der Waals surface area contributed by atoms with E-state index in [1.165, 1.54) is 6.07 Å². The standard InChI is InChI=1S/C18H13Cl3N4O2/c1-2-24-17(26)10-5-3-4-6-14(10)25-16(22-23-18(24)25)9-27-15-8-12(20)11(19)7-13(15)21/h3-8H,2,9H2,1H3. The van der Waals surface area contributed by atoms with E-state index in [2.05, 4.69) is 10.2 Å². The molecule has 6 nitrogen and oxygen atoms in total. The molecule has 138 valence electrons. The second kappa shape index (κ2) is 7.03. The topological polar surface area (TPSA) is 61.4 Å². The first-order chi connectivity index (χ1) is 13.0. The minimum absolute atomic E-state index is 0.0881. The highest BCUT2D eigenvalue weighted by Gasteiger charge is 2.16. The number of hydrogen-bond donors (Lipinski definition) is 0. The first-order valence-corrected chi connectivity index (χ1v) is 9.27. The third kappa shape index (κ3) is 3.04. The first kappa shape index (κ1) is 18.1. The van der Waals surface area contributed by atoms with E-state index in [0.717, 1.165) is 0 Å². The fraction of sp³-hybridized carbons (Fsp3) is 0.167. The molecule has 4 rings (SSSR count). The molecule has 2 heterocycles. The van der Waals surface area contributed by atoms with Crippen molar-refractivity contribution < 1.29 is 4.74 Å². The Morgan fingerprint density at radius 3 is 2.56 bits per heavy atom. The molecule has 0 spiro atoms. The summed E-state index contributed by atoms with van der Waals surface area (Å²) in [7, 11) is 0. The van der Waals surface area contributed by atoms with Gasteiger partial charge in [-0.25, -0.2) is 0 Å². The summed E-state index contributed by atoms with van der Waals surface area (Å²) in [5.74, 6) is 1.38. The van der Waals surface area contributed by atoms with Gasteiger partial charge in [0.25, 0.3) is 5.56 Å². The zero-order chi connectivity index (χ0) is 19.1. The van der Waals surface area contributed by atoms with E-state index in [1.807, 2.05) is 29.5 Å². The second-order valence-electron chi connectivity index (χ2n) is 5.80. The molecule has 0 aliphatic heterocycles. The van der Waals surface area contributed by atoms with Crippen LogP contribution in [-0.4, -0.2) is 19.2 Å². The zero-order valence-electron chi connectivity index (χ0n) is 14.1. The summed E-state index contributed by atoms with van der Waals surface area (Å²) in [4.78, 5) is 12.7. The maximum Gasteiger partial charge on any atom is 0.262 e. The lowest BCUT2D eigenvalue weighted by Gasteiger charge is -2.11. The molecular formula is C18H13Cl3N4O2. The van der Waals surface area contributed by atoms with Gasteiger partial charge in [-0.15, -0.1) is 10.2 Å². The molecule has 0 N–H and O–H groups in total. The molecule has 27 heavy (non-hydrogen) atoms. The van der Waals surface area contributed by atoms with Crippen molar-refractivity contribution in [2.75, 3.05) is 0 Å². The van der Waals surface area contributed by atoms with E-state index >= 15 is 0 Å². The van der Waals surface area contributed by atoms with Crippen LogP contribution in [-0.2, 0) is 13.2 Å². The molecule has 0 aliphatic carbocycles. The highest BCUT2D eigenvalue weighted by atomic mass is 35.5. The Hall–Kier alpha value is -2.28. The van der Waals surface area contributed by atoms with Crippen molar-refractivity contribution in [3.63, 3.8) is 0 Å². The van der Waals surface area contributed by atoms with Gasteiger partial charge in [-0.3, -0.25) is 13.8 Å². The van der Waals surface area contributed by atoms with Crippen LogP contribution in [0.2, 0.25) is 15.1 Å². The number of aryl methyl sites for hydroxylation is 1. The van der Waals surface area contributed by atoms with E-state index < -0.39 is 0 Å². The van der Waals surface area contributed by atoms with Crippen LogP contribution < -0.4 is 10.3 Å². The molecular weight excluding hydrogens is 411 g/mol. The van der Waals surface area contributed by atoms with Gasteiger partial charge in [0, 0.05) is 12.6 Å². The van der Waals surface area contributed by atoms with E-state index in [0.29, 0.717) is 49.9 Å². The monoisotopic (exact) mass is 422 g/mol. The molecule has 0 amide bonds. The molecule has 0 aliphatic rings. The number of halogens is 3. The van der Waals surface area contributed by atoms with Gasteiger partial charge in [-0.1, -0.05) is 46.9 Å². The summed E-state index contributed by atoms with van der Waals surface area (Å²) in [6.45, 7) is 2.45. The predicted octanol–water partition coefficient (Wildman–Crippen LogP) is 4.60. The van der Waals surface area contributed by atoms with Gasteiger partial charge in [0.2, 0.25) is 5.78 Å². The number of hydrogen-bond acceptors (Lipinski definition) is 4. The fourth-order valence-corrected chi connectivity index (χ4v) is 3.54. The average Bonchev–Trinajstić information content (AvgIpc) is 3.08. The third-order valence-electron chi connectivity index (χ3n) is 4.22. The van der Waals surface area contributed by atoms with E-state index in [4.69, 9.17) is 39.5 Å². The van der Waals surface area contributed by atoms with Crippen molar-refractivity contribution in [3.05, 3.63) is 67.6 Å². The van der Waals surface area contributed by atoms with E-state index in [-0.39, 0.29) is 12.2 Å². The Bertz CT molecular complexity index is 1230. The average molecular weight is 424 g/mol. The SMILES string of the molecule is CCn1c(=O)c2ccccc2n2c(COc3cc(Cl)c(Cl)cc3Cl)nnc12. The number of ether oxygens (including phenoxy) is 1. The van der Waals surface area contributed by atoms with Crippen LogP contribution in [0, 0.1) is 0 Å². The Kier molecular flexibility index (Phi) is 4.72. The maximum atomic E-state index is 12.7. The van der Waals surface area contributed by atoms with Crippen LogP contribution in [0.25, 0.3) is 16.7 Å². The van der Waals surface area contributed by atoms with Gasteiger partial charge < -0.3 is 4.74 Å². The summed E-state index contributed by atoms with van der Waals surface area (Å²) >= 11 is 18.1. The van der Waals surface area contributed by atoms with Crippen LogP contribution in [0.15, 0.2) is 41.2 Å². The summed E-state index contributed by atoms with van der Waals surface area (Å²) in [5.41, 5.74) is 0.610. The van der Waals surface area contributed by atoms with Crippen LogP contribution in [0.1, 0.15) is 12.7 Å². The van der Waals surface area contributed by atoms with Gasteiger partial charge in [-0.2, -0.15) is 0 Å². The van der Waals surface area contributed by atoms with Crippen LogP contribution in [0.4, 0.5) is 0 Å². The Balaban J connectivity index is 1.83. The number of nitrogens with zero attached hydrogens (tertiary/aromatic N) is 4. The summed E-state index contributed by atoms with van der Waals surface area (Å²) in [6, 6.07) is 10.4. The lowest BCUT2D eigenvalue weighted by Crippen LogP contribution is -2.22. The lowest BCUT2D eigenvalue weighted by molar-refractivity contribution is 0.295. The van der Waals surface area contributed by atoms with Crippen molar-refractivity contribution in [2.24, 2.45) is 0 Å². The van der Waals surface area contributed by atoms with Crippen molar-refractivity contribution in [1.29, 1.82) is 0 Å². The molecule has 2 aromatic carbocycles. The van der Waals surface area contributed by atoms with E-state index in [1.54, 1.807) is 16.7 Å². The van der Waals surface area contributed by atoms with Crippen molar-refractivity contribution in [3.8, 4) is 5.75 Å². The van der Waals surface area contributed by atoms with Crippen LogP contribution >= 0.6 is 34.8 Å². The van der Waals surface area contributed by atoms with Gasteiger partial charge in [0.15, 0.2) is 5.82 Å². The summed E-state index contributed by atoms with van der Waals surface area (Å²) in [6.07, 6.45) is 0. The molecule has 0 fully saturated rings. The quantitative estimate of drug-likeness (QED) is 0.450. The summed E-state index contributed by atoms with van der Waals surface area (Å²) in [5, 5.41) is 10.0. The highest BCUT2D eigenvalue weighted by molar-refractivity contribution is 6.43. The van der Waals surface area contributed by atoms with Gasteiger partial charge in [0.1, 0.15) is 12.4 Å². The zero-order valence-corrected chi connectivity index (χ0v) is 16.4. The second-order valence-corrected chi connectivity index (χ2v) is 7.03. The van der Waals surface area contributed by atoms with Crippen LogP contribution in [0.5, 0.6) is 5.75 Å². The van der Waals surface area contributed by atoms with Crippen molar-refractivity contribution >= 4 is 51.5 Å². The maximum absolute atomic E-state index is 12.7. The minimum atomic E-state index is -0.104. The number of para-hydroxylation sites is 1. The fourth-order valence-electron chi connectivity index (χ4n) is 2.95. The first-order valence-electron chi connectivity index (χ1n) is 8.14. The number of aromatic nitrogens is 4. The Labute approximate surface area is 168 Å². The normalized spacial score (nSPS) is 11.4. The van der Waals surface area contributed by atoms with Gasteiger partial charge >= 0.3 is 0 Å². The van der Waals surface area contributed by atoms with Gasteiger partial charge in [-0.05, 0) is 25.1 Å². The molecule has 0 unspecified atom stereocenters. The molecule has 0 saturated carbocycles. The smallest absolute Gasteiger partial charge is 0.262 e. The molecule has 0 bridgehead atoms. The molecule has 4 aromatic rings. The Morgan fingerprint density at radius 1 is 1.04 bits per heavy atom. The predicted molar refractivity (Wildman–Crippen MR) is 106 cm³/mol. The van der Waals surface area contributed by atoms with Crippen molar-refractivity contribution in [1.82, 2.24) is 19.2 Å². The van der Waals surface area contributed by atoms with Crippen molar-refractivity contribution in [2.45, 2.75) is 20.1 Å². The van der Waals surface area contributed by atoms with Gasteiger partial charge in [0.05, 0.1) is 26.0 Å². The number of fused-ring (bicyclic) bond motifs is 3. The molecule has 2 aromatic heterocycles. The van der Waals surface area contributed by atoms with E-state index in [9.17, 15) is 4.79 Å². The molecule has 0 atom stereocenters. The largest absolute Gasteiger partial charge is 0.484 e. The number of benzene rings is 2. The minimum Gasteiger partial charge on any atom is -0.484 e. The highest BCUT2D eigenvalue weighted by Crippen LogP contribution is 2.34. The Morgan fingerprint density at radius 2 is 1.78 bits per heavy atom. The molecule has 0 saturated heterocycles.